The van der Waals surface area contributed by atoms with Gasteiger partial charge >= 0.3 is 0 Å². The minimum Gasteiger partial charge on any atom is -0.491 e. The Bertz CT molecular complexity index is 478. The Morgan fingerprint density at radius 2 is 1.35 bits per heavy atom. The minimum absolute atomic E-state index is 0.149. The van der Waals surface area contributed by atoms with Gasteiger partial charge in [0.2, 0.25) is 0 Å². The fourth-order valence-electron chi connectivity index (χ4n) is 1.53. The van der Waals surface area contributed by atoms with Crippen LogP contribution in [0.4, 0.5) is 5.69 Å². The monoisotopic (exact) mass is 293 g/mol. The Hall–Kier alpha value is -1.91. The van der Waals surface area contributed by atoms with Gasteiger partial charge in [0.25, 0.3) is 0 Å². The quantitative estimate of drug-likeness (QED) is 0.804. The van der Waals surface area contributed by atoms with Crippen molar-refractivity contribution in [3.8, 4) is 11.5 Å². The zero-order valence-electron chi connectivity index (χ0n) is 10.8. The SMILES string of the molecule is Nc1ccc(OCC(O)COc2ccc(Cl)cc2)cc1. The first kappa shape index (κ1) is 14.5. The molecule has 0 spiro atoms. The zero-order chi connectivity index (χ0) is 14.4. The molecule has 4 nitrogen and oxygen atoms in total. The van der Waals surface area contributed by atoms with E-state index in [9.17, 15) is 5.11 Å². The second-order valence-corrected chi connectivity index (χ2v) is 4.74. The summed E-state index contributed by atoms with van der Waals surface area (Å²) in [5.74, 6) is 1.31. The number of hydrogen-bond donors (Lipinski definition) is 2. The molecule has 0 aliphatic heterocycles. The Morgan fingerprint density at radius 3 is 1.85 bits per heavy atom. The standard InChI is InChI=1S/C15H16ClNO3/c16-11-1-5-14(6-2-11)19-9-13(18)10-20-15-7-3-12(17)4-8-15/h1-8,13,18H,9-10,17H2. The molecular formula is C15H16ClNO3. The normalized spacial score (nSPS) is 11.9. The first-order valence-corrected chi connectivity index (χ1v) is 6.56. The third kappa shape index (κ3) is 4.64. The molecule has 2 aromatic rings. The van der Waals surface area contributed by atoms with Crippen LogP contribution in [0, 0.1) is 0 Å². The molecule has 0 saturated heterocycles. The van der Waals surface area contributed by atoms with Crippen LogP contribution in [0.5, 0.6) is 11.5 Å². The van der Waals surface area contributed by atoms with E-state index in [2.05, 4.69) is 0 Å². The van der Waals surface area contributed by atoms with E-state index < -0.39 is 6.10 Å². The van der Waals surface area contributed by atoms with Crippen LogP contribution in [0.2, 0.25) is 5.02 Å². The van der Waals surface area contributed by atoms with Gasteiger partial charge < -0.3 is 20.3 Å². The van der Waals surface area contributed by atoms with E-state index in [1.165, 1.54) is 0 Å². The lowest BCUT2D eigenvalue weighted by atomic mass is 10.3. The third-order valence-corrected chi connectivity index (χ3v) is 2.83. The lowest BCUT2D eigenvalue weighted by Gasteiger charge is -2.13. The molecule has 0 heterocycles. The van der Waals surface area contributed by atoms with E-state index in [4.69, 9.17) is 26.8 Å². The topological polar surface area (TPSA) is 64.7 Å². The number of benzene rings is 2. The van der Waals surface area contributed by atoms with E-state index in [1.54, 1.807) is 48.5 Å². The molecule has 1 unspecified atom stereocenters. The molecule has 0 radical (unpaired) electrons. The van der Waals surface area contributed by atoms with Crippen molar-refractivity contribution in [2.75, 3.05) is 18.9 Å². The van der Waals surface area contributed by atoms with Crippen molar-refractivity contribution in [3.63, 3.8) is 0 Å². The maximum absolute atomic E-state index is 9.78. The van der Waals surface area contributed by atoms with Gasteiger partial charge in [-0.05, 0) is 48.5 Å². The van der Waals surface area contributed by atoms with Crippen molar-refractivity contribution in [1.82, 2.24) is 0 Å². The Kier molecular flexibility index (Phi) is 5.09. The largest absolute Gasteiger partial charge is 0.491 e. The third-order valence-electron chi connectivity index (χ3n) is 2.58. The van der Waals surface area contributed by atoms with Crippen LogP contribution in [0.3, 0.4) is 0 Å². The van der Waals surface area contributed by atoms with Crippen LogP contribution in [-0.2, 0) is 0 Å². The predicted molar refractivity (Wildman–Crippen MR) is 79.3 cm³/mol. The summed E-state index contributed by atoms with van der Waals surface area (Å²) < 4.78 is 10.8. The van der Waals surface area contributed by atoms with Crippen molar-refractivity contribution in [3.05, 3.63) is 53.6 Å². The molecule has 106 valence electrons. The highest BCUT2D eigenvalue weighted by molar-refractivity contribution is 6.30. The summed E-state index contributed by atoms with van der Waals surface area (Å²) >= 11 is 5.77. The molecule has 5 heteroatoms. The summed E-state index contributed by atoms with van der Waals surface area (Å²) in [7, 11) is 0. The summed E-state index contributed by atoms with van der Waals surface area (Å²) in [4.78, 5) is 0. The van der Waals surface area contributed by atoms with Crippen molar-refractivity contribution in [2.45, 2.75) is 6.10 Å². The van der Waals surface area contributed by atoms with Crippen LogP contribution >= 0.6 is 11.6 Å². The average molecular weight is 294 g/mol. The lowest BCUT2D eigenvalue weighted by Crippen LogP contribution is -2.25. The first-order valence-electron chi connectivity index (χ1n) is 6.18. The minimum atomic E-state index is -0.719. The summed E-state index contributed by atoms with van der Waals surface area (Å²) in [6, 6.07) is 13.9. The van der Waals surface area contributed by atoms with Gasteiger partial charge in [-0.25, -0.2) is 0 Å². The van der Waals surface area contributed by atoms with Gasteiger partial charge in [-0.3, -0.25) is 0 Å². The molecule has 0 saturated carbocycles. The molecule has 0 bridgehead atoms. The van der Waals surface area contributed by atoms with Crippen LogP contribution in [0.15, 0.2) is 48.5 Å². The zero-order valence-corrected chi connectivity index (χ0v) is 11.6. The van der Waals surface area contributed by atoms with Crippen molar-refractivity contribution in [1.29, 1.82) is 0 Å². The molecule has 2 aromatic carbocycles. The lowest BCUT2D eigenvalue weighted by molar-refractivity contribution is 0.0626. The molecule has 0 aromatic heterocycles. The highest BCUT2D eigenvalue weighted by atomic mass is 35.5. The second kappa shape index (κ2) is 7.03. The van der Waals surface area contributed by atoms with Crippen LogP contribution in [-0.4, -0.2) is 24.4 Å². The smallest absolute Gasteiger partial charge is 0.122 e. The molecule has 2 rings (SSSR count). The molecule has 0 aliphatic rings. The van der Waals surface area contributed by atoms with Gasteiger partial charge in [0.1, 0.15) is 30.8 Å². The van der Waals surface area contributed by atoms with Crippen LogP contribution in [0.1, 0.15) is 0 Å². The summed E-state index contributed by atoms with van der Waals surface area (Å²) in [6.45, 7) is 0.300. The maximum atomic E-state index is 9.78. The van der Waals surface area contributed by atoms with Gasteiger partial charge in [-0.1, -0.05) is 11.6 Å². The molecule has 3 N–H and O–H groups in total. The molecule has 0 fully saturated rings. The molecule has 1 atom stereocenters. The van der Waals surface area contributed by atoms with Crippen LogP contribution < -0.4 is 15.2 Å². The number of ether oxygens (including phenoxy) is 2. The number of hydrogen-bond acceptors (Lipinski definition) is 4. The van der Waals surface area contributed by atoms with Gasteiger partial charge in [0.05, 0.1) is 0 Å². The number of nitrogen functional groups attached to an aromatic ring is 1. The van der Waals surface area contributed by atoms with Crippen molar-refractivity contribution in [2.24, 2.45) is 0 Å². The van der Waals surface area contributed by atoms with Gasteiger partial charge in [-0.2, -0.15) is 0 Å². The number of aliphatic hydroxyl groups excluding tert-OH is 1. The molecule has 20 heavy (non-hydrogen) atoms. The maximum Gasteiger partial charge on any atom is 0.122 e. The van der Waals surface area contributed by atoms with E-state index in [-0.39, 0.29) is 13.2 Å². The Morgan fingerprint density at radius 1 is 0.900 bits per heavy atom. The predicted octanol–water partition coefficient (Wildman–Crippen LogP) is 2.74. The fourth-order valence-corrected chi connectivity index (χ4v) is 1.65. The van der Waals surface area contributed by atoms with E-state index in [1.807, 2.05) is 0 Å². The number of nitrogens with two attached hydrogens (primary N) is 1. The molecular weight excluding hydrogens is 278 g/mol. The number of anilines is 1. The van der Waals surface area contributed by atoms with Gasteiger partial charge in [0.15, 0.2) is 0 Å². The number of halogens is 1. The average Bonchev–Trinajstić information content (AvgIpc) is 2.46. The highest BCUT2D eigenvalue weighted by Crippen LogP contribution is 2.16. The summed E-state index contributed by atoms with van der Waals surface area (Å²) in [6.07, 6.45) is -0.719. The molecule has 0 aliphatic carbocycles. The number of aliphatic hydroxyl groups is 1. The van der Waals surface area contributed by atoms with Crippen molar-refractivity contribution < 1.29 is 14.6 Å². The summed E-state index contributed by atoms with van der Waals surface area (Å²) in [5, 5.41) is 10.4. The van der Waals surface area contributed by atoms with Crippen molar-refractivity contribution >= 4 is 17.3 Å². The van der Waals surface area contributed by atoms with E-state index in [0.717, 1.165) is 0 Å². The van der Waals surface area contributed by atoms with Gasteiger partial charge in [-0.15, -0.1) is 0 Å². The number of rotatable bonds is 6. The second-order valence-electron chi connectivity index (χ2n) is 4.30. The summed E-state index contributed by atoms with van der Waals surface area (Å²) in [5.41, 5.74) is 6.24. The Balaban J connectivity index is 1.73. The van der Waals surface area contributed by atoms with E-state index in [0.29, 0.717) is 22.2 Å². The van der Waals surface area contributed by atoms with E-state index >= 15 is 0 Å². The van der Waals surface area contributed by atoms with Gasteiger partial charge in [0, 0.05) is 10.7 Å². The first-order chi connectivity index (χ1) is 9.63. The Labute approximate surface area is 122 Å². The van der Waals surface area contributed by atoms with Crippen LogP contribution in [0.25, 0.3) is 0 Å². The molecule has 0 amide bonds. The highest BCUT2D eigenvalue weighted by Gasteiger charge is 2.06. The fraction of sp³-hybridized carbons (Fsp3) is 0.200.